The Balaban J connectivity index is 2.96. The van der Waals surface area contributed by atoms with Crippen molar-refractivity contribution in [2.75, 3.05) is 27.8 Å². The Labute approximate surface area is 129 Å². The lowest BCUT2D eigenvalue weighted by atomic mass is 10.2. The van der Waals surface area contributed by atoms with Gasteiger partial charge in [0.25, 0.3) is 0 Å². The van der Waals surface area contributed by atoms with Crippen molar-refractivity contribution in [3.63, 3.8) is 0 Å². The van der Waals surface area contributed by atoms with Gasteiger partial charge in [0.1, 0.15) is 11.5 Å². The van der Waals surface area contributed by atoms with Gasteiger partial charge in [-0.25, -0.2) is 0 Å². The summed E-state index contributed by atoms with van der Waals surface area (Å²) in [6, 6.07) is 3.69. The van der Waals surface area contributed by atoms with Crippen LogP contribution in [0.4, 0.5) is 0 Å². The summed E-state index contributed by atoms with van der Waals surface area (Å²) >= 11 is 0. The number of aryl methyl sites for hydroxylation is 1. The van der Waals surface area contributed by atoms with Gasteiger partial charge in [0.2, 0.25) is 0 Å². The van der Waals surface area contributed by atoms with E-state index in [4.69, 9.17) is 23.4 Å². The molecule has 0 atom stereocenters. The third-order valence-electron chi connectivity index (χ3n) is 2.35. The molecule has 0 aliphatic heterocycles. The average Bonchev–Trinajstić information content (AvgIpc) is 2.40. The minimum Gasteiger partial charge on any atom is -0.538 e. The standard InChI is InChI=1S/C15H24O5Si/c1-11-7-12(18-9-16-5)8-13(19-10-17-6)14(11)20-21-15(2,3)4/h7-8H,9-10H2,1-6H3. The maximum Gasteiger partial charge on any atom is 0.317 e. The van der Waals surface area contributed by atoms with Crippen LogP contribution < -0.4 is 13.9 Å². The lowest BCUT2D eigenvalue weighted by molar-refractivity contribution is 0.0451. The maximum atomic E-state index is 5.95. The van der Waals surface area contributed by atoms with Gasteiger partial charge in [-0.2, -0.15) is 0 Å². The van der Waals surface area contributed by atoms with E-state index >= 15 is 0 Å². The van der Waals surface area contributed by atoms with Crippen molar-refractivity contribution in [3.8, 4) is 17.2 Å². The quantitative estimate of drug-likeness (QED) is 0.545. The van der Waals surface area contributed by atoms with Crippen molar-refractivity contribution in [2.45, 2.75) is 32.7 Å². The summed E-state index contributed by atoms with van der Waals surface area (Å²) in [7, 11) is 3.49. The monoisotopic (exact) mass is 312 g/mol. The molecule has 1 aromatic rings. The highest BCUT2D eigenvalue weighted by Gasteiger charge is 2.19. The Morgan fingerprint density at radius 1 is 1.00 bits per heavy atom. The second-order valence-electron chi connectivity index (χ2n) is 5.62. The number of methoxy groups -OCH3 is 2. The zero-order valence-corrected chi connectivity index (χ0v) is 14.6. The molecular weight excluding hydrogens is 288 g/mol. The molecule has 118 valence electrons. The molecule has 0 heterocycles. The average molecular weight is 312 g/mol. The minimum atomic E-state index is 0.0934. The van der Waals surface area contributed by atoms with Gasteiger partial charge >= 0.3 is 9.76 Å². The van der Waals surface area contributed by atoms with Gasteiger partial charge in [-0.05, 0) is 23.6 Å². The highest BCUT2D eigenvalue weighted by atomic mass is 28.2. The van der Waals surface area contributed by atoms with Crippen molar-refractivity contribution >= 4 is 9.76 Å². The summed E-state index contributed by atoms with van der Waals surface area (Å²) < 4.78 is 26.9. The predicted octanol–water partition coefficient (Wildman–Crippen LogP) is 3.18. The summed E-state index contributed by atoms with van der Waals surface area (Å²) in [5, 5.41) is 0.0934. The second kappa shape index (κ2) is 8.26. The molecule has 0 amide bonds. The molecule has 0 aliphatic rings. The third-order valence-corrected chi connectivity index (χ3v) is 3.27. The zero-order chi connectivity index (χ0) is 15.9. The van der Waals surface area contributed by atoms with E-state index in [0.29, 0.717) is 21.3 Å². The van der Waals surface area contributed by atoms with Crippen LogP contribution in [0.1, 0.15) is 26.3 Å². The fourth-order valence-corrected chi connectivity index (χ4v) is 2.15. The third kappa shape index (κ3) is 6.37. The van der Waals surface area contributed by atoms with E-state index in [1.807, 2.05) is 13.0 Å². The smallest absolute Gasteiger partial charge is 0.317 e. The van der Waals surface area contributed by atoms with Gasteiger partial charge in [0.05, 0.1) is 0 Å². The number of ether oxygens (including phenoxy) is 4. The number of hydrogen-bond acceptors (Lipinski definition) is 5. The first-order valence-corrected chi connectivity index (χ1v) is 7.60. The summed E-state index contributed by atoms with van der Waals surface area (Å²) in [5.41, 5.74) is 0.950. The van der Waals surface area contributed by atoms with Crippen LogP contribution in [0, 0.1) is 6.92 Å². The van der Waals surface area contributed by atoms with Crippen LogP contribution in [-0.2, 0) is 9.47 Å². The molecule has 5 nitrogen and oxygen atoms in total. The highest BCUT2D eigenvalue weighted by Crippen LogP contribution is 2.37. The first-order chi connectivity index (χ1) is 9.87. The molecule has 0 aromatic heterocycles. The van der Waals surface area contributed by atoms with E-state index in [0.717, 1.165) is 11.3 Å². The normalized spacial score (nSPS) is 11.3. The molecule has 1 rings (SSSR count). The molecule has 0 bridgehead atoms. The van der Waals surface area contributed by atoms with Crippen molar-refractivity contribution in [2.24, 2.45) is 0 Å². The molecule has 0 aliphatic carbocycles. The second-order valence-corrected chi connectivity index (χ2v) is 7.53. The van der Waals surface area contributed by atoms with Gasteiger partial charge in [-0.15, -0.1) is 0 Å². The molecule has 0 unspecified atom stereocenters. The van der Waals surface area contributed by atoms with Crippen LogP contribution in [0.3, 0.4) is 0 Å². The Hall–Kier alpha value is -1.24. The molecule has 6 heteroatoms. The molecule has 1 aromatic carbocycles. The molecule has 21 heavy (non-hydrogen) atoms. The molecule has 0 fully saturated rings. The largest absolute Gasteiger partial charge is 0.538 e. The summed E-state index contributed by atoms with van der Waals surface area (Å²) in [6.07, 6.45) is 0. The van der Waals surface area contributed by atoms with Crippen LogP contribution in [0.15, 0.2) is 12.1 Å². The fraction of sp³-hybridized carbons (Fsp3) is 0.600. The summed E-state index contributed by atoms with van der Waals surface area (Å²) in [4.78, 5) is 0. The molecule has 0 saturated carbocycles. The molecule has 0 N–H and O–H groups in total. The Bertz CT molecular complexity index is 442. The lowest BCUT2D eigenvalue weighted by Gasteiger charge is -2.20. The molecule has 0 spiro atoms. The van der Waals surface area contributed by atoms with Crippen molar-refractivity contribution in [3.05, 3.63) is 17.7 Å². The topological polar surface area (TPSA) is 46.2 Å². The summed E-state index contributed by atoms with van der Waals surface area (Å²) in [5.74, 6) is 2.01. The van der Waals surface area contributed by atoms with Gasteiger partial charge in [0, 0.05) is 20.3 Å². The van der Waals surface area contributed by atoms with Gasteiger partial charge in [0.15, 0.2) is 19.3 Å². The Morgan fingerprint density at radius 2 is 1.62 bits per heavy atom. The lowest BCUT2D eigenvalue weighted by Crippen LogP contribution is -2.16. The van der Waals surface area contributed by atoms with E-state index in [1.54, 1.807) is 20.3 Å². The van der Waals surface area contributed by atoms with Crippen LogP contribution >= 0.6 is 0 Å². The predicted molar refractivity (Wildman–Crippen MR) is 82.3 cm³/mol. The minimum absolute atomic E-state index is 0.0934. The van der Waals surface area contributed by atoms with E-state index in [-0.39, 0.29) is 18.6 Å². The van der Waals surface area contributed by atoms with Crippen LogP contribution in [0.25, 0.3) is 0 Å². The van der Waals surface area contributed by atoms with Crippen LogP contribution in [0.2, 0.25) is 5.04 Å². The fourth-order valence-electron chi connectivity index (χ4n) is 1.48. The zero-order valence-electron chi connectivity index (χ0n) is 13.6. The number of hydrogen-bond donors (Lipinski definition) is 0. The van der Waals surface area contributed by atoms with Gasteiger partial charge in [-0.1, -0.05) is 20.8 Å². The molecule has 0 saturated heterocycles. The van der Waals surface area contributed by atoms with E-state index in [2.05, 4.69) is 20.8 Å². The van der Waals surface area contributed by atoms with Gasteiger partial charge < -0.3 is 23.4 Å². The first-order valence-electron chi connectivity index (χ1n) is 6.69. The molecular formula is C15H24O5Si. The van der Waals surface area contributed by atoms with Crippen LogP contribution in [0.5, 0.6) is 17.2 Å². The SMILES string of the molecule is COCOc1cc(C)c(O[Si]C(C)(C)C)c(OCOC)c1. The van der Waals surface area contributed by atoms with E-state index in [9.17, 15) is 0 Å². The van der Waals surface area contributed by atoms with Crippen molar-refractivity contribution < 1.29 is 23.4 Å². The number of benzene rings is 1. The van der Waals surface area contributed by atoms with Crippen LogP contribution in [-0.4, -0.2) is 37.6 Å². The first kappa shape index (κ1) is 17.8. The Morgan fingerprint density at radius 3 is 2.19 bits per heavy atom. The van der Waals surface area contributed by atoms with Crippen molar-refractivity contribution in [1.82, 2.24) is 0 Å². The van der Waals surface area contributed by atoms with Gasteiger partial charge in [-0.3, -0.25) is 0 Å². The summed E-state index contributed by atoms with van der Waals surface area (Å²) in [6.45, 7) is 8.70. The molecule has 2 radical (unpaired) electrons. The highest BCUT2D eigenvalue weighted by molar-refractivity contribution is 6.32. The van der Waals surface area contributed by atoms with Crippen molar-refractivity contribution in [1.29, 1.82) is 0 Å². The van der Waals surface area contributed by atoms with E-state index < -0.39 is 0 Å². The van der Waals surface area contributed by atoms with E-state index in [1.165, 1.54) is 0 Å². The number of rotatable bonds is 8. The maximum absolute atomic E-state index is 5.95. The Kier molecular flexibility index (Phi) is 7.00.